The summed E-state index contributed by atoms with van der Waals surface area (Å²) in [7, 11) is 0. The van der Waals surface area contributed by atoms with Crippen LogP contribution in [0.4, 0.5) is 20.2 Å². The van der Waals surface area contributed by atoms with E-state index in [9.17, 15) is 13.6 Å². The van der Waals surface area contributed by atoms with Crippen LogP contribution in [0.1, 0.15) is 15.9 Å². The minimum absolute atomic E-state index is 0.0850. The summed E-state index contributed by atoms with van der Waals surface area (Å²) in [5.41, 5.74) is 1.57. The van der Waals surface area contributed by atoms with Crippen LogP contribution in [-0.4, -0.2) is 10.9 Å². The van der Waals surface area contributed by atoms with Crippen LogP contribution < -0.4 is 10.6 Å². The molecule has 0 fully saturated rings. The van der Waals surface area contributed by atoms with Gasteiger partial charge in [0.15, 0.2) is 0 Å². The molecule has 3 aromatic rings. The smallest absolute Gasteiger partial charge is 0.253 e. The number of benzene rings is 2. The van der Waals surface area contributed by atoms with Gasteiger partial charge in [-0.05, 0) is 29.8 Å². The van der Waals surface area contributed by atoms with E-state index in [0.717, 1.165) is 17.7 Å². The van der Waals surface area contributed by atoms with Gasteiger partial charge < -0.3 is 10.6 Å². The Hall–Kier alpha value is -2.99. The van der Waals surface area contributed by atoms with E-state index in [0.29, 0.717) is 16.3 Å². The van der Waals surface area contributed by atoms with E-state index in [1.807, 2.05) is 12.1 Å². The summed E-state index contributed by atoms with van der Waals surface area (Å²) in [5.74, 6) is -1.75. The Morgan fingerprint density at radius 3 is 2.65 bits per heavy atom. The molecule has 0 atom stereocenters. The number of rotatable bonds is 5. The number of nitrogens with one attached hydrogen (secondary N) is 2. The number of amides is 1. The van der Waals surface area contributed by atoms with Crippen molar-refractivity contribution in [2.24, 2.45) is 0 Å². The summed E-state index contributed by atoms with van der Waals surface area (Å²) in [6.07, 6.45) is 2.84. The van der Waals surface area contributed by atoms with Crippen LogP contribution in [-0.2, 0) is 6.54 Å². The van der Waals surface area contributed by atoms with Gasteiger partial charge in [-0.15, -0.1) is 0 Å². The second-order valence-electron chi connectivity index (χ2n) is 5.49. The van der Waals surface area contributed by atoms with Crippen LogP contribution in [0, 0.1) is 11.6 Å². The maximum absolute atomic E-state index is 13.7. The highest BCUT2D eigenvalue weighted by molar-refractivity contribution is 6.31. The molecule has 1 amide bonds. The molecule has 0 aliphatic rings. The third-order valence-corrected chi connectivity index (χ3v) is 3.98. The number of halogens is 3. The molecule has 26 heavy (non-hydrogen) atoms. The van der Waals surface area contributed by atoms with Crippen molar-refractivity contribution >= 4 is 28.9 Å². The number of pyridine rings is 1. The van der Waals surface area contributed by atoms with Crippen molar-refractivity contribution in [1.82, 2.24) is 10.3 Å². The molecule has 2 N–H and O–H groups in total. The van der Waals surface area contributed by atoms with Crippen molar-refractivity contribution < 1.29 is 13.6 Å². The Balaban J connectivity index is 1.70. The standard InChI is InChI=1S/C19H14ClF2N3O/c20-16-4-2-1-3-12(16)10-24-19(26)13-7-15(11-23-9-13)25-18-6-5-14(21)8-17(18)22/h1-9,11,25H,10H2,(H,24,26). The molecule has 0 radical (unpaired) electrons. The van der Waals surface area contributed by atoms with E-state index in [-0.39, 0.29) is 18.1 Å². The van der Waals surface area contributed by atoms with Crippen molar-refractivity contribution in [3.8, 4) is 0 Å². The lowest BCUT2D eigenvalue weighted by atomic mass is 10.2. The SMILES string of the molecule is O=C(NCc1ccccc1Cl)c1cncc(Nc2ccc(F)cc2F)c1. The van der Waals surface area contributed by atoms with E-state index in [4.69, 9.17) is 11.6 Å². The average molecular weight is 374 g/mol. The van der Waals surface area contributed by atoms with Crippen LogP contribution in [0.3, 0.4) is 0 Å². The van der Waals surface area contributed by atoms with Crippen molar-refractivity contribution in [3.63, 3.8) is 0 Å². The molecular weight excluding hydrogens is 360 g/mol. The highest BCUT2D eigenvalue weighted by Crippen LogP contribution is 2.21. The summed E-state index contributed by atoms with van der Waals surface area (Å²) in [5, 5.41) is 6.09. The quantitative estimate of drug-likeness (QED) is 0.682. The van der Waals surface area contributed by atoms with E-state index in [1.54, 1.807) is 12.1 Å². The molecule has 0 aliphatic heterocycles. The third kappa shape index (κ3) is 4.34. The third-order valence-electron chi connectivity index (χ3n) is 3.61. The molecule has 4 nitrogen and oxygen atoms in total. The maximum atomic E-state index is 13.7. The van der Waals surface area contributed by atoms with Crippen LogP contribution in [0.2, 0.25) is 5.02 Å². The monoisotopic (exact) mass is 373 g/mol. The van der Waals surface area contributed by atoms with E-state index >= 15 is 0 Å². The molecule has 1 aromatic heterocycles. The van der Waals surface area contributed by atoms with Gasteiger partial charge in [0.05, 0.1) is 23.1 Å². The molecule has 132 valence electrons. The highest BCUT2D eigenvalue weighted by Gasteiger charge is 2.10. The molecule has 0 aliphatic carbocycles. The average Bonchev–Trinajstić information content (AvgIpc) is 2.63. The lowest BCUT2D eigenvalue weighted by Crippen LogP contribution is -2.23. The highest BCUT2D eigenvalue weighted by atomic mass is 35.5. The summed E-state index contributed by atoms with van der Waals surface area (Å²) in [4.78, 5) is 16.3. The Morgan fingerprint density at radius 1 is 1.08 bits per heavy atom. The lowest BCUT2D eigenvalue weighted by molar-refractivity contribution is 0.0950. The molecule has 0 saturated carbocycles. The van der Waals surface area contributed by atoms with Gasteiger partial charge in [-0.25, -0.2) is 8.78 Å². The predicted molar refractivity (Wildman–Crippen MR) is 96.5 cm³/mol. The van der Waals surface area contributed by atoms with Gasteiger partial charge in [-0.3, -0.25) is 9.78 Å². The van der Waals surface area contributed by atoms with Crippen molar-refractivity contribution in [3.05, 3.63) is 88.7 Å². The van der Waals surface area contributed by atoms with Crippen LogP contribution in [0.5, 0.6) is 0 Å². The Bertz CT molecular complexity index is 950. The van der Waals surface area contributed by atoms with Gasteiger partial charge in [0.25, 0.3) is 5.91 Å². The summed E-state index contributed by atoms with van der Waals surface area (Å²) < 4.78 is 26.7. The van der Waals surface area contributed by atoms with Crippen molar-refractivity contribution in [2.75, 3.05) is 5.32 Å². The molecule has 2 aromatic carbocycles. The zero-order valence-corrected chi connectivity index (χ0v) is 14.2. The zero-order valence-electron chi connectivity index (χ0n) is 13.5. The van der Waals surface area contributed by atoms with Gasteiger partial charge in [-0.2, -0.15) is 0 Å². The number of carbonyl (C=O) groups excluding carboxylic acids is 1. The zero-order chi connectivity index (χ0) is 18.5. The fraction of sp³-hybridized carbons (Fsp3) is 0.0526. The molecule has 0 bridgehead atoms. The normalized spacial score (nSPS) is 10.4. The van der Waals surface area contributed by atoms with E-state index in [2.05, 4.69) is 15.6 Å². The molecule has 0 unspecified atom stereocenters. The first kappa shape index (κ1) is 17.8. The first-order chi connectivity index (χ1) is 12.5. The second kappa shape index (κ2) is 7.93. The topological polar surface area (TPSA) is 54.0 Å². The first-order valence-corrected chi connectivity index (χ1v) is 8.09. The van der Waals surface area contributed by atoms with Gasteiger partial charge in [-0.1, -0.05) is 29.8 Å². The van der Waals surface area contributed by atoms with Crippen LogP contribution in [0.15, 0.2) is 60.9 Å². The van der Waals surface area contributed by atoms with Gasteiger partial charge in [0.1, 0.15) is 11.6 Å². The second-order valence-corrected chi connectivity index (χ2v) is 5.89. The minimum Gasteiger partial charge on any atom is -0.352 e. The van der Waals surface area contributed by atoms with E-state index < -0.39 is 11.6 Å². The molecule has 0 saturated heterocycles. The number of aromatic nitrogens is 1. The number of carbonyl (C=O) groups is 1. The summed E-state index contributed by atoms with van der Waals surface area (Å²) >= 11 is 6.06. The van der Waals surface area contributed by atoms with Crippen LogP contribution in [0.25, 0.3) is 0 Å². The van der Waals surface area contributed by atoms with Gasteiger partial charge in [0.2, 0.25) is 0 Å². The molecule has 3 rings (SSSR count). The number of anilines is 2. The summed E-state index contributed by atoms with van der Waals surface area (Å²) in [6.45, 7) is 0.267. The first-order valence-electron chi connectivity index (χ1n) is 7.71. The van der Waals surface area contributed by atoms with Crippen molar-refractivity contribution in [1.29, 1.82) is 0 Å². The maximum Gasteiger partial charge on any atom is 0.253 e. The molecule has 0 spiro atoms. The van der Waals surface area contributed by atoms with Crippen molar-refractivity contribution in [2.45, 2.75) is 6.54 Å². The molecule has 7 heteroatoms. The predicted octanol–water partition coefficient (Wildman–Crippen LogP) is 4.69. The summed E-state index contributed by atoms with van der Waals surface area (Å²) in [6, 6.07) is 11.9. The number of nitrogens with zero attached hydrogens (tertiary/aromatic N) is 1. The Morgan fingerprint density at radius 2 is 1.88 bits per heavy atom. The molecular formula is C19H14ClF2N3O. The number of hydrogen-bond donors (Lipinski definition) is 2. The fourth-order valence-corrected chi connectivity index (χ4v) is 2.50. The largest absolute Gasteiger partial charge is 0.352 e. The minimum atomic E-state index is -0.737. The number of hydrogen-bond acceptors (Lipinski definition) is 3. The molecule has 1 heterocycles. The van der Waals surface area contributed by atoms with Gasteiger partial charge >= 0.3 is 0 Å². The Labute approximate surface area is 153 Å². The van der Waals surface area contributed by atoms with E-state index in [1.165, 1.54) is 24.5 Å². The van der Waals surface area contributed by atoms with Gasteiger partial charge in [0, 0.05) is 23.8 Å². The van der Waals surface area contributed by atoms with Crippen LogP contribution >= 0.6 is 11.6 Å². The fourth-order valence-electron chi connectivity index (χ4n) is 2.30. The Kier molecular flexibility index (Phi) is 5.43. The lowest BCUT2D eigenvalue weighted by Gasteiger charge is -2.10.